The molecule has 0 aromatic rings. The van der Waals surface area contributed by atoms with Crippen molar-refractivity contribution in [2.24, 2.45) is 0 Å². The number of halogens is 5. The van der Waals surface area contributed by atoms with Gasteiger partial charge in [-0.2, -0.15) is 18.6 Å². The number of carbonyl (C=O) groups excluding carboxylic acids is 1. The zero-order valence-electron chi connectivity index (χ0n) is 11.5. The minimum Gasteiger partial charge on any atom is -0.314 e. The Hall–Kier alpha value is -0.360. The molecule has 0 radical (unpaired) electrons. The Kier molecular flexibility index (Phi) is 6.69. The van der Waals surface area contributed by atoms with E-state index in [1.807, 2.05) is 4.90 Å². The highest BCUT2D eigenvalue weighted by atomic mass is 35.5. The average Bonchev–Trinajstić information content (AvgIpc) is 2.83. The summed E-state index contributed by atoms with van der Waals surface area (Å²) < 4.78 is 38.2. The molecule has 0 spiro atoms. The molecule has 3 heterocycles. The molecule has 22 heavy (non-hydrogen) atoms. The maximum Gasteiger partial charge on any atom is 0.404 e. The van der Waals surface area contributed by atoms with Crippen LogP contribution in [-0.4, -0.2) is 66.8 Å². The maximum absolute atomic E-state index is 12.7. The third kappa shape index (κ3) is 3.94. The third-order valence-corrected chi connectivity index (χ3v) is 3.75. The minimum absolute atomic E-state index is 0. The van der Waals surface area contributed by atoms with Gasteiger partial charge in [-0.05, 0) is 0 Å². The molecule has 7 nitrogen and oxygen atoms in total. The Labute approximate surface area is 138 Å². The van der Waals surface area contributed by atoms with E-state index in [2.05, 4.69) is 21.4 Å². The fourth-order valence-corrected chi connectivity index (χ4v) is 2.67. The Morgan fingerprint density at radius 1 is 1.05 bits per heavy atom. The first kappa shape index (κ1) is 19.7. The zero-order valence-corrected chi connectivity index (χ0v) is 13.2. The highest BCUT2D eigenvalue weighted by Crippen LogP contribution is 2.27. The van der Waals surface area contributed by atoms with Crippen LogP contribution in [0.3, 0.4) is 0 Å². The second-order valence-electron chi connectivity index (χ2n) is 5.12. The minimum atomic E-state index is -4.42. The van der Waals surface area contributed by atoms with Gasteiger partial charge < -0.3 is 5.32 Å². The van der Waals surface area contributed by atoms with Gasteiger partial charge in [-0.3, -0.25) is 20.3 Å². The second-order valence-corrected chi connectivity index (χ2v) is 5.12. The topological polar surface area (TPSA) is 71.7 Å². The lowest BCUT2D eigenvalue weighted by molar-refractivity contribution is -0.180. The van der Waals surface area contributed by atoms with Crippen molar-refractivity contribution < 1.29 is 18.0 Å². The molecular formula is C10H19Cl2F3N6O. The van der Waals surface area contributed by atoms with E-state index in [0.717, 1.165) is 26.2 Å². The van der Waals surface area contributed by atoms with Crippen LogP contribution < -0.4 is 21.4 Å². The monoisotopic (exact) mass is 366 g/mol. The van der Waals surface area contributed by atoms with Crippen molar-refractivity contribution in [1.82, 2.24) is 31.3 Å². The number of alkyl halides is 3. The normalized spacial score (nSPS) is 33.0. The maximum atomic E-state index is 12.7. The van der Waals surface area contributed by atoms with Crippen LogP contribution in [0.15, 0.2) is 0 Å². The van der Waals surface area contributed by atoms with E-state index in [0.29, 0.717) is 0 Å². The molecule has 130 valence electrons. The average molecular weight is 367 g/mol. The summed E-state index contributed by atoms with van der Waals surface area (Å²) in [7, 11) is 0. The number of hydrogen-bond acceptors (Lipinski definition) is 6. The summed E-state index contributed by atoms with van der Waals surface area (Å²) >= 11 is 0. The molecule has 1 amide bonds. The molecule has 0 aromatic heterocycles. The van der Waals surface area contributed by atoms with Crippen molar-refractivity contribution in [2.45, 2.75) is 31.2 Å². The van der Waals surface area contributed by atoms with Crippen LogP contribution in [0.25, 0.3) is 0 Å². The summed E-state index contributed by atoms with van der Waals surface area (Å²) in [5.41, 5.74) is 2.93. The standard InChI is InChI=1S/C10H17F3N6O.2ClH/c11-10(12,13)6-5-7(20)19-8(15-6)16-9(17-19)18-3-1-14-2-4-18;;/h6,8-9,14-17H,1-5H2;2*1H. The van der Waals surface area contributed by atoms with E-state index in [9.17, 15) is 18.0 Å². The van der Waals surface area contributed by atoms with Crippen molar-refractivity contribution in [3.63, 3.8) is 0 Å². The van der Waals surface area contributed by atoms with E-state index in [1.165, 1.54) is 5.01 Å². The Bertz CT molecular complexity index is 395. The summed E-state index contributed by atoms with van der Waals surface area (Å²) in [5, 5.41) is 9.81. The first-order valence-corrected chi connectivity index (χ1v) is 6.57. The zero-order chi connectivity index (χ0) is 14.3. The number of hydrogen-bond donors (Lipinski definition) is 4. The number of carbonyl (C=O) groups is 1. The van der Waals surface area contributed by atoms with Gasteiger partial charge in [0, 0.05) is 26.2 Å². The number of piperazine rings is 1. The fraction of sp³-hybridized carbons (Fsp3) is 0.900. The number of nitrogens with zero attached hydrogens (tertiary/aromatic N) is 2. The van der Waals surface area contributed by atoms with Crippen molar-refractivity contribution in [3.05, 3.63) is 0 Å². The van der Waals surface area contributed by atoms with Gasteiger partial charge >= 0.3 is 6.18 Å². The van der Waals surface area contributed by atoms with Crippen LogP contribution in [0.5, 0.6) is 0 Å². The molecule has 3 atom stereocenters. The molecule has 3 unspecified atom stereocenters. The van der Waals surface area contributed by atoms with Crippen molar-refractivity contribution in [3.8, 4) is 0 Å². The van der Waals surface area contributed by atoms with Gasteiger partial charge in [-0.25, -0.2) is 5.01 Å². The lowest BCUT2D eigenvalue weighted by atomic mass is 10.1. The molecule has 3 rings (SSSR count). The van der Waals surface area contributed by atoms with E-state index < -0.39 is 30.8 Å². The third-order valence-electron chi connectivity index (χ3n) is 3.75. The fourth-order valence-electron chi connectivity index (χ4n) is 2.67. The molecule has 4 N–H and O–H groups in total. The summed E-state index contributed by atoms with van der Waals surface area (Å²) in [6.07, 6.45) is -6.16. The lowest BCUT2D eigenvalue weighted by Gasteiger charge is -2.35. The molecule has 12 heteroatoms. The van der Waals surface area contributed by atoms with Gasteiger partial charge in [-0.1, -0.05) is 0 Å². The highest BCUT2D eigenvalue weighted by molar-refractivity contribution is 5.85. The molecular weight excluding hydrogens is 348 g/mol. The van der Waals surface area contributed by atoms with Gasteiger partial charge in [-0.15, -0.1) is 24.8 Å². The largest absolute Gasteiger partial charge is 0.404 e. The lowest BCUT2D eigenvalue weighted by Crippen LogP contribution is -2.64. The van der Waals surface area contributed by atoms with Crippen LogP contribution in [0, 0.1) is 0 Å². The number of fused-ring (bicyclic) bond motifs is 1. The quantitative estimate of drug-likeness (QED) is 0.485. The van der Waals surface area contributed by atoms with E-state index in [4.69, 9.17) is 0 Å². The van der Waals surface area contributed by atoms with Crippen LogP contribution in [0.1, 0.15) is 6.42 Å². The van der Waals surface area contributed by atoms with Crippen molar-refractivity contribution in [1.29, 1.82) is 0 Å². The van der Waals surface area contributed by atoms with Gasteiger partial charge in [0.15, 0.2) is 6.29 Å². The summed E-state index contributed by atoms with van der Waals surface area (Å²) in [6.45, 7) is 3.17. The first-order valence-electron chi connectivity index (χ1n) is 6.57. The van der Waals surface area contributed by atoms with Crippen LogP contribution in [-0.2, 0) is 4.79 Å². The Morgan fingerprint density at radius 3 is 2.27 bits per heavy atom. The van der Waals surface area contributed by atoms with Crippen LogP contribution in [0.4, 0.5) is 13.2 Å². The summed E-state index contributed by atoms with van der Waals surface area (Å²) in [5.74, 6) is -0.554. The molecule has 3 aliphatic heterocycles. The predicted molar refractivity (Wildman–Crippen MR) is 77.2 cm³/mol. The van der Waals surface area contributed by atoms with E-state index in [1.54, 1.807) is 0 Å². The molecule has 3 aliphatic rings. The van der Waals surface area contributed by atoms with Crippen LogP contribution >= 0.6 is 24.8 Å². The second kappa shape index (κ2) is 7.47. The van der Waals surface area contributed by atoms with E-state index >= 15 is 0 Å². The molecule has 0 aromatic carbocycles. The molecule has 0 bridgehead atoms. The highest BCUT2D eigenvalue weighted by Gasteiger charge is 2.50. The number of nitrogens with one attached hydrogen (secondary N) is 4. The molecule has 0 saturated carbocycles. The molecule has 3 fully saturated rings. The van der Waals surface area contributed by atoms with Crippen molar-refractivity contribution >= 4 is 30.7 Å². The molecule has 0 aliphatic carbocycles. The van der Waals surface area contributed by atoms with E-state index in [-0.39, 0.29) is 31.1 Å². The smallest absolute Gasteiger partial charge is 0.314 e. The Balaban J connectivity index is 0.00000121. The number of amides is 1. The van der Waals surface area contributed by atoms with Gasteiger partial charge in [0.1, 0.15) is 12.3 Å². The van der Waals surface area contributed by atoms with Gasteiger partial charge in [0.05, 0.1) is 6.42 Å². The van der Waals surface area contributed by atoms with Gasteiger partial charge in [0.25, 0.3) is 0 Å². The predicted octanol–water partition coefficient (Wildman–Crippen LogP) is -0.837. The summed E-state index contributed by atoms with van der Waals surface area (Å²) in [6, 6.07) is -1.80. The molecule has 3 saturated heterocycles. The van der Waals surface area contributed by atoms with Crippen molar-refractivity contribution in [2.75, 3.05) is 26.2 Å². The Morgan fingerprint density at radius 2 is 1.68 bits per heavy atom. The van der Waals surface area contributed by atoms with Crippen LogP contribution in [0.2, 0.25) is 0 Å². The first-order chi connectivity index (χ1) is 9.45. The van der Waals surface area contributed by atoms with Gasteiger partial charge in [0.2, 0.25) is 5.91 Å². The number of rotatable bonds is 1. The SMILES string of the molecule is Cl.Cl.O=C1CC(C(F)(F)F)NC2NC(N3CCNCC3)NN12. The summed E-state index contributed by atoms with van der Waals surface area (Å²) in [4.78, 5) is 13.9. The number of hydrazine groups is 1.